The topological polar surface area (TPSA) is 84.7 Å². The number of nitrogens with two attached hydrogens (primary N) is 1. The van der Waals surface area contributed by atoms with Crippen LogP contribution in [0.3, 0.4) is 0 Å². The minimum absolute atomic E-state index is 0.0416. The smallest absolute Gasteiger partial charge is 0.225 e. The number of rotatable bonds is 9. The third-order valence-electron chi connectivity index (χ3n) is 4.42. The molecule has 5 heteroatoms. The SMILES string of the molecule is CC(C)C[C@H](NC(=O)C(CN)Cc1ccccc1)C(=O)[C@@]1(C)CO1. The zero-order valence-electron chi connectivity index (χ0n) is 14.7. The van der Waals surface area contributed by atoms with Crippen molar-refractivity contribution >= 4 is 11.7 Å². The molecule has 0 saturated carbocycles. The Balaban J connectivity index is 2.03. The summed E-state index contributed by atoms with van der Waals surface area (Å²) >= 11 is 0. The Morgan fingerprint density at radius 1 is 1.29 bits per heavy atom. The van der Waals surface area contributed by atoms with E-state index in [0.29, 0.717) is 25.4 Å². The van der Waals surface area contributed by atoms with Crippen molar-refractivity contribution < 1.29 is 14.3 Å². The van der Waals surface area contributed by atoms with Crippen LogP contribution in [0.1, 0.15) is 32.8 Å². The van der Waals surface area contributed by atoms with E-state index in [9.17, 15) is 9.59 Å². The lowest BCUT2D eigenvalue weighted by molar-refractivity contribution is -0.132. The lowest BCUT2D eigenvalue weighted by Gasteiger charge is -2.24. The molecule has 1 unspecified atom stereocenters. The zero-order valence-corrected chi connectivity index (χ0v) is 14.7. The molecule has 1 saturated heterocycles. The molecule has 24 heavy (non-hydrogen) atoms. The van der Waals surface area contributed by atoms with E-state index in [1.54, 1.807) is 6.92 Å². The standard InChI is InChI=1S/C19H28N2O3/c1-13(2)9-16(17(22)19(3)12-24-19)21-18(23)15(11-20)10-14-7-5-4-6-8-14/h4-8,13,15-16H,9-12,20H2,1-3H3,(H,21,23)/t15?,16-,19+/m0/s1. The van der Waals surface area contributed by atoms with Crippen LogP contribution in [0.5, 0.6) is 0 Å². The van der Waals surface area contributed by atoms with Crippen LogP contribution in [0, 0.1) is 11.8 Å². The summed E-state index contributed by atoms with van der Waals surface area (Å²) in [6.45, 7) is 6.52. The van der Waals surface area contributed by atoms with Gasteiger partial charge in [-0.25, -0.2) is 0 Å². The summed E-state index contributed by atoms with van der Waals surface area (Å²) < 4.78 is 5.26. The van der Waals surface area contributed by atoms with Crippen LogP contribution in [0.4, 0.5) is 0 Å². The average molecular weight is 332 g/mol. The van der Waals surface area contributed by atoms with E-state index in [-0.39, 0.29) is 24.2 Å². The number of hydrogen-bond acceptors (Lipinski definition) is 4. The summed E-state index contributed by atoms with van der Waals surface area (Å²) in [5, 5.41) is 2.92. The van der Waals surface area contributed by atoms with Gasteiger partial charge in [-0.2, -0.15) is 0 Å². The molecule has 0 aromatic heterocycles. The number of carbonyl (C=O) groups is 2. The highest BCUT2D eigenvalue weighted by molar-refractivity contribution is 5.96. The summed E-state index contributed by atoms with van der Waals surface area (Å²) in [6, 6.07) is 9.26. The lowest BCUT2D eigenvalue weighted by atomic mass is 9.92. The highest BCUT2D eigenvalue weighted by Crippen LogP contribution is 2.29. The second-order valence-corrected chi connectivity index (χ2v) is 7.20. The van der Waals surface area contributed by atoms with Crippen molar-refractivity contribution in [3.8, 4) is 0 Å². The molecule has 132 valence electrons. The Kier molecular flexibility index (Phi) is 6.13. The largest absolute Gasteiger partial charge is 0.361 e. The number of carbonyl (C=O) groups excluding carboxylic acids is 2. The van der Waals surface area contributed by atoms with Gasteiger partial charge in [-0.3, -0.25) is 9.59 Å². The van der Waals surface area contributed by atoms with Crippen molar-refractivity contribution in [1.82, 2.24) is 5.32 Å². The van der Waals surface area contributed by atoms with Crippen molar-refractivity contribution in [2.75, 3.05) is 13.2 Å². The Hall–Kier alpha value is -1.72. The molecular formula is C19H28N2O3. The molecule has 1 aromatic rings. The van der Waals surface area contributed by atoms with Gasteiger partial charge in [0, 0.05) is 6.54 Å². The van der Waals surface area contributed by atoms with Crippen LogP contribution in [0.2, 0.25) is 0 Å². The first-order valence-electron chi connectivity index (χ1n) is 8.58. The van der Waals surface area contributed by atoms with E-state index in [1.807, 2.05) is 44.2 Å². The van der Waals surface area contributed by atoms with Gasteiger partial charge in [0.15, 0.2) is 5.78 Å². The van der Waals surface area contributed by atoms with Gasteiger partial charge in [0.05, 0.1) is 18.6 Å². The van der Waals surface area contributed by atoms with E-state index in [0.717, 1.165) is 5.56 Å². The normalized spacial score (nSPS) is 22.0. The fourth-order valence-electron chi connectivity index (χ4n) is 2.79. The summed E-state index contributed by atoms with van der Waals surface area (Å²) in [6.07, 6.45) is 1.17. The van der Waals surface area contributed by atoms with Crippen molar-refractivity contribution in [2.24, 2.45) is 17.6 Å². The molecule has 1 aliphatic heterocycles. The molecule has 0 bridgehead atoms. The second kappa shape index (κ2) is 7.90. The quantitative estimate of drug-likeness (QED) is 0.674. The molecule has 0 spiro atoms. The maximum Gasteiger partial charge on any atom is 0.225 e. The first kappa shape index (κ1) is 18.6. The molecule has 3 N–H and O–H groups in total. The summed E-state index contributed by atoms with van der Waals surface area (Å²) in [4.78, 5) is 25.2. The highest BCUT2D eigenvalue weighted by Gasteiger charge is 2.50. The van der Waals surface area contributed by atoms with Crippen LogP contribution in [-0.2, 0) is 20.7 Å². The zero-order chi connectivity index (χ0) is 17.7. The molecule has 1 amide bonds. The van der Waals surface area contributed by atoms with Gasteiger partial charge in [0.2, 0.25) is 5.91 Å². The third kappa shape index (κ3) is 4.89. The van der Waals surface area contributed by atoms with E-state index >= 15 is 0 Å². The minimum atomic E-state index is -0.732. The molecule has 1 heterocycles. The highest BCUT2D eigenvalue weighted by atomic mass is 16.6. The Morgan fingerprint density at radius 2 is 1.92 bits per heavy atom. The van der Waals surface area contributed by atoms with E-state index < -0.39 is 11.6 Å². The molecule has 3 atom stereocenters. The van der Waals surface area contributed by atoms with Crippen molar-refractivity contribution in [1.29, 1.82) is 0 Å². The van der Waals surface area contributed by atoms with Crippen LogP contribution in [0.15, 0.2) is 30.3 Å². The predicted octanol–water partition coefficient (Wildman–Crippen LogP) is 1.69. The van der Waals surface area contributed by atoms with E-state index in [4.69, 9.17) is 10.5 Å². The van der Waals surface area contributed by atoms with Gasteiger partial charge in [0.1, 0.15) is 5.60 Å². The van der Waals surface area contributed by atoms with Crippen LogP contribution >= 0.6 is 0 Å². The molecule has 0 aliphatic carbocycles. The van der Waals surface area contributed by atoms with Gasteiger partial charge in [-0.05, 0) is 31.2 Å². The number of amides is 1. The molecule has 0 radical (unpaired) electrons. The van der Waals surface area contributed by atoms with Gasteiger partial charge in [-0.15, -0.1) is 0 Å². The first-order valence-corrected chi connectivity index (χ1v) is 8.58. The fraction of sp³-hybridized carbons (Fsp3) is 0.579. The van der Waals surface area contributed by atoms with Crippen LogP contribution < -0.4 is 11.1 Å². The van der Waals surface area contributed by atoms with E-state index in [2.05, 4.69) is 5.32 Å². The number of epoxide rings is 1. The van der Waals surface area contributed by atoms with Crippen molar-refractivity contribution in [3.63, 3.8) is 0 Å². The number of Topliss-reactive ketones (excluding diaryl/α,β-unsaturated/α-hetero) is 1. The van der Waals surface area contributed by atoms with Gasteiger partial charge in [0.25, 0.3) is 0 Å². The Labute approximate surface area is 143 Å². The maximum absolute atomic E-state index is 12.6. The summed E-state index contributed by atoms with van der Waals surface area (Å²) in [5.41, 5.74) is 6.13. The van der Waals surface area contributed by atoms with Gasteiger partial charge >= 0.3 is 0 Å². The molecular weight excluding hydrogens is 304 g/mol. The second-order valence-electron chi connectivity index (χ2n) is 7.20. The molecule has 5 nitrogen and oxygen atoms in total. The first-order chi connectivity index (χ1) is 11.4. The average Bonchev–Trinajstić information content (AvgIpc) is 3.30. The number of hydrogen-bond donors (Lipinski definition) is 2. The number of ketones is 1. The Bertz CT molecular complexity index is 567. The fourth-order valence-corrected chi connectivity index (χ4v) is 2.79. The number of benzene rings is 1. The van der Waals surface area contributed by atoms with Gasteiger partial charge in [-0.1, -0.05) is 44.2 Å². The van der Waals surface area contributed by atoms with Crippen LogP contribution in [0.25, 0.3) is 0 Å². The summed E-state index contributed by atoms with van der Waals surface area (Å²) in [5.74, 6) is -0.250. The number of nitrogens with one attached hydrogen (secondary N) is 1. The predicted molar refractivity (Wildman–Crippen MR) is 93.4 cm³/mol. The molecule has 1 fully saturated rings. The summed E-state index contributed by atoms with van der Waals surface area (Å²) in [7, 11) is 0. The Morgan fingerprint density at radius 3 is 2.42 bits per heavy atom. The molecule has 2 rings (SSSR count). The molecule has 1 aliphatic rings. The monoisotopic (exact) mass is 332 g/mol. The van der Waals surface area contributed by atoms with Crippen molar-refractivity contribution in [2.45, 2.75) is 45.3 Å². The number of ether oxygens (including phenoxy) is 1. The minimum Gasteiger partial charge on any atom is -0.361 e. The lowest BCUT2D eigenvalue weighted by Crippen LogP contribution is -2.49. The van der Waals surface area contributed by atoms with E-state index in [1.165, 1.54) is 0 Å². The third-order valence-corrected chi connectivity index (χ3v) is 4.42. The van der Waals surface area contributed by atoms with Crippen LogP contribution in [-0.4, -0.2) is 36.5 Å². The van der Waals surface area contributed by atoms with Gasteiger partial charge < -0.3 is 15.8 Å². The maximum atomic E-state index is 12.6. The van der Waals surface area contributed by atoms with Crippen molar-refractivity contribution in [3.05, 3.63) is 35.9 Å². The molecule has 1 aromatic carbocycles.